The monoisotopic (exact) mass is 524 g/mol. The zero-order valence-corrected chi connectivity index (χ0v) is 22.0. The smallest absolute Gasteiger partial charge is 0.242 e. The molecular formula is C29H37FN4O4. The van der Waals surface area contributed by atoms with Gasteiger partial charge in [0.05, 0.1) is 6.04 Å². The summed E-state index contributed by atoms with van der Waals surface area (Å²) >= 11 is 0. The van der Waals surface area contributed by atoms with Gasteiger partial charge >= 0.3 is 0 Å². The normalized spacial score (nSPS) is 26.0. The summed E-state index contributed by atoms with van der Waals surface area (Å²) in [5.41, 5.74) is 1.75. The quantitative estimate of drug-likeness (QED) is 0.493. The Bertz CT molecular complexity index is 1120. The van der Waals surface area contributed by atoms with Gasteiger partial charge in [-0.15, -0.1) is 0 Å². The van der Waals surface area contributed by atoms with Crippen molar-refractivity contribution in [3.8, 4) is 5.75 Å². The Morgan fingerprint density at radius 3 is 2.39 bits per heavy atom. The Labute approximate surface area is 223 Å². The van der Waals surface area contributed by atoms with E-state index in [9.17, 15) is 18.8 Å². The van der Waals surface area contributed by atoms with Crippen molar-refractivity contribution in [2.75, 3.05) is 13.1 Å². The number of carbonyl (C=O) groups is 3. The first-order valence-electron chi connectivity index (χ1n) is 13.4. The molecule has 8 nitrogen and oxygen atoms in total. The standard InChI is InChI=1S/C29H37FN4O4/c1-18-17-32-26(22-11-12-22)29(37)33-19(2)27(35)34-24(16-20-9-13-23(30)14-10-20)28(36)31-15-5-7-21-6-3-4-8-25(21)38-18/h3-4,6,8-10,13-14,18-19,22,24,26,32H,5,7,11-12,15-17H2,1-2H3,(H,31,36)(H,33,37)(H,34,35)/t18-,19-,24-,26+/m1/s1. The maximum atomic E-state index is 13.4. The summed E-state index contributed by atoms with van der Waals surface area (Å²) in [6.07, 6.45) is 3.31. The Kier molecular flexibility index (Phi) is 9.33. The van der Waals surface area contributed by atoms with Crippen LogP contribution < -0.4 is 26.0 Å². The summed E-state index contributed by atoms with van der Waals surface area (Å²) in [5, 5.41) is 11.9. The first-order valence-corrected chi connectivity index (χ1v) is 13.4. The predicted octanol–water partition coefficient (Wildman–Crippen LogP) is 2.26. The number of rotatable bonds is 3. The highest BCUT2D eigenvalue weighted by molar-refractivity contribution is 5.93. The maximum Gasteiger partial charge on any atom is 0.242 e. The number of amides is 3. The molecule has 0 radical (unpaired) electrons. The van der Waals surface area contributed by atoms with Crippen molar-refractivity contribution in [2.24, 2.45) is 5.92 Å². The lowest BCUT2D eigenvalue weighted by molar-refractivity contribution is -0.132. The Morgan fingerprint density at radius 1 is 0.921 bits per heavy atom. The molecule has 1 fully saturated rings. The second kappa shape index (κ2) is 12.9. The van der Waals surface area contributed by atoms with Gasteiger partial charge in [0.25, 0.3) is 0 Å². The molecule has 0 spiro atoms. The van der Waals surface area contributed by atoms with E-state index in [1.54, 1.807) is 19.1 Å². The van der Waals surface area contributed by atoms with Crippen LogP contribution in [0.3, 0.4) is 0 Å². The van der Waals surface area contributed by atoms with Crippen molar-refractivity contribution in [2.45, 2.75) is 70.2 Å². The molecule has 3 amide bonds. The summed E-state index contributed by atoms with van der Waals surface area (Å²) in [5.74, 6) is -0.409. The second-order valence-corrected chi connectivity index (χ2v) is 10.3. The highest BCUT2D eigenvalue weighted by Crippen LogP contribution is 2.33. The molecule has 0 unspecified atom stereocenters. The summed E-state index contributed by atoms with van der Waals surface area (Å²) in [6.45, 7) is 4.46. The molecule has 4 atom stereocenters. The molecule has 1 saturated carbocycles. The van der Waals surface area contributed by atoms with Crippen molar-refractivity contribution in [1.29, 1.82) is 0 Å². The second-order valence-electron chi connectivity index (χ2n) is 10.3. The molecule has 38 heavy (non-hydrogen) atoms. The van der Waals surface area contributed by atoms with Crippen molar-refractivity contribution in [3.63, 3.8) is 0 Å². The van der Waals surface area contributed by atoms with E-state index >= 15 is 0 Å². The van der Waals surface area contributed by atoms with E-state index in [1.807, 2.05) is 31.2 Å². The Morgan fingerprint density at radius 2 is 1.66 bits per heavy atom. The van der Waals surface area contributed by atoms with Crippen molar-refractivity contribution in [3.05, 3.63) is 65.5 Å². The Hall–Kier alpha value is -3.46. The lowest BCUT2D eigenvalue weighted by Gasteiger charge is -2.25. The third kappa shape index (κ3) is 7.77. The molecule has 9 heteroatoms. The van der Waals surface area contributed by atoms with E-state index in [-0.39, 0.29) is 36.1 Å². The van der Waals surface area contributed by atoms with Gasteiger partial charge in [-0.3, -0.25) is 14.4 Å². The lowest BCUT2D eigenvalue weighted by atomic mass is 10.0. The van der Waals surface area contributed by atoms with Crippen LogP contribution in [0.2, 0.25) is 0 Å². The SMILES string of the molecule is C[C@@H]1CN[C@@H](C2CC2)C(=O)N[C@H](C)C(=O)N[C@H](Cc2ccc(F)cc2)C(=O)NCCCc2ccccc2O1. The van der Waals surface area contributed by atoms with E-state index in [1.165, 1.54) is 12.1 Å². The molecule has 2 aromatic carbocycles. The van der Waals surface area contributed by atoms with Crippen molar-refractivity contribution < 1.29 is 23.5 Å². The van der Waals surface area contributed by atoms with Crippen LogP contribution in [0.15, 0.2) is 48.5 Å². The number of aryl methyl sites for hydroxylation is 1. The highest BCUT2D eigenvalue weighted by Gasteiger charge is 2.37. The van der Waals surface area contributed by atoms with Gasteiger partial charge in [0.15, 0.2) is 0 Å². The molecule has 1 heterocycles. The van der Waals surface area contributed by atoms with Crippen molar-refractivity contribution >= 4 is 17.7 Å². The van der Waals surface area contributed by atoms with E-state index in [0.717, 1.165) is 24.2 Å². The lowest BCUT2D eigenvalue weighted by Crippen LogP contribution is -2.56. The highest BCUT2D eigenvalue weighted by atomic mass is 19.1. The minimum atomic E-state index is -0.875. The summed E-state index contributed by atoms with van der Waals surface area (Å²) in [6, 6.07) is 11.5. The molecule has 4 N–H and O–H groups in total. The summed E-state index contributed by atoms with van der Waals surface area (Å²) < 4.78 is 19.6. The number of para-hydroxylation sites is 1. The average Bonchev–Trinajstić information content (AvgIpc) is 3.73. The van der Waals surface area contributed by atoms with Crippen LogP contribution in [-0.2, 0) is 27.2 Å². The van der Waals surface area contributed by atoms with Crippen molar-refractivity contribution in [1.82, 2.24) is 21.3 Å². The molecule has 2 aromatic rings. The minimum Gasteiger partial charge on any atom is -0.489 e. The molecule has 0 saturated heterocycles. The van der Waals surface area contributed by atoms with Crippen LogP contribution in [0.25, 0.3) is 0 Å². The van der Waals surface area contributed by atoms with Gasteiger partial charge < -0.3 is 26.0 Å². The molecule has 1 aliphatic heterocycles. The van der Waals surface area contributed by atoms with Gasteiger partial charge in [0.1, 0.15) is 29.8 Å². The molecule has 4 rings (SSSR count). The number of fused-ring (bicyclic) bond motifs is 1. The van der Waals surface area contributed by atoms with E-state index in [0.29, 0.717) is 31.5 Å². The van der Waals surface area contributed by atoms with E-state index < -0.39 is 24.0 Å². The number of benzene rings is 2. The van der Waals surface area contributed by atoms with Crippen LogP contribution in [-0.4, -0.2) is 55.0 Å². The van der Waals surface area contributed by atoms with Gasteiger partial charge in [0.2, 0.25) is 17.7 Å². The fourth-order valence-electron chi connectivity index (χ4n) is 4.62. The van der Waals surface area contributed by atoms with Gasteiger partial charge in [-0.25, -0.2) is 4.39 Å². The van der Waals surface area contributed by atoms with Crippen LogP contribution in [0, 0.1) is 11.7 Å². The third-order valence-corrected chi connectivity index (χ3v) is 6.96. The summed E-state index contributed by atoms with van der Waals surface area (Å²) in [7, 11) is 0. The fraction of sp³-hybridized carbons (Fsp3) is 0.483. The number of halogens is 1. The largest absolute Gasteiger partial charge is 0.489 e. The van der Waals surface area contributed by atoms with Crippen LogP contribution >= 0.6 is 0 Å². The van der Waals surface area contributed by atoms with E-state index in [2.05, 4.69) is 21.3 Å². The van der Waals surface area contributed by atoms with Gasteiger partial charge in [0, 0.05) is 19.5 Å². The fourth-order valence-corrected chi connectivity index (χ4v) is 4.62. The Balaban J connectivity index is 1.53. The number of carbonyl (C=O) groups excluding carboxylic acids is 3. The molecule has 2 aliphatic rings. The summed E-state index contributed by atoms with van der Waals surface area (Å²) in [4.78, 5) is 39.2. The predicted molar refractivity (Wildman–Crippen MR) is 142 cm³/mol. The zero-order valence-electron chi connectivity index (χ0n) is 22.0. The number of hydrogen-bond acceptors (Lipinski definition) is 5. The first kappa shape index (κ1) is 27.6. The molecule has 0 bridgehead atoms. The molecule has 0 aromatic heterocycles. The topological polar surface area (TPSA) is 109 Å². The molecular weight excluding hydrogens is 487 g/mol. The number of hydrogen-bond donors (Lipinski definition) is 4. The third-order valence-electron chi connectivity index (χ3n) is 6.96. The van der Waals surface area contributed by atoms with Crippen LogP contribution in [0.5, 0.6) is 5.75 Å². The van der Waals surface area contributed by atoms with E-state index in [4.69, 9.17) is 4.74 Å². The van der Waals surface area contributed by atoms with Crippen LogP contribution in [0.1, 0.15) is 44.2 Å². The first-order chi connectivity index (χ1) is 18.3. The number of ether oxygens (including phenoxy) is 1. The van der Waals surface area contributed by atoms with Crippen LogP contribution in [0.4, 0.5) is 4.39 Å². The zero-order chi connectivity index (χ0) is 27.1. The van der Waals surface area contributed by atoms with Gasteiger partial charge in [-0.1, -0.05) is 30.3 Å². The number of nitrogens with one attached hydrogen (secondary N) is 4. The van der Waals surface area contributed by atoms with Gasteiger partial charge in [-0.2, -0.15) is 0 Å². The van der Waals surface area contributed by atoms with Gasteiger partial charge in [-0.05, 0) is 74.8 Å². The maximum absolute atomic E-state index is 13.4. The minimum absolute atomic E-state index is 0.170. The average molecular weight is 525 g/mol. The molecule has 1 aliphatic carbocycles. The molecule has 204 valence electrons.